The molecule has 3 rings (SSSR count). The van der Waals surface area contributed by atoms with Crippen LogP contribution in [0.15, 0.2) is 47.6 Å². The van der Waals surface area contributed by atoms with Crippen LogP contribution in [-0.4, -0.2) is 49.0 Å². The first-order chi connectivity index (χ1) is 14.6. The van der Waals surface area contributed by atoms with Crippen molar-refractivity contribution in [2.75, 3.05) is 32.9 Å². The van der Waals surface area contributed by atoms with Gasteiger partial charge < -0.3 is 25.2 Å². The molecule has 7 nitrogen and oxygen atoms in total. The molecule has 31 heavy (non-hydrogen) atoms. The highest BCUT2D eigenvalue weighted by atomic mass is 127. The van der Waals surface area contributed by atoms with Gasteiger partial charge in [-0.15, -0.1) is 24.0 Å². The summed E-state index contributed by atoms with van der Waals surface area (Å²) >= 11 is 0. The predicted octanol–water partition coefficient (Wildman–Crippen LogP) is 3.48. The summed E-state index contributed by atoms with van der Waals surface area (Å²) in [5, 5.41) is 16.0. The summed E-state index contributed by atoms with van der Waals surface area (Å²) in [6, 6.07) is 9.47. The Labute approximate surface area is 199 Å². The number of aliphatic imine (C=N–C) groups is 1. The topological polar surface area (TPSA) is 88.0 Å². The van der Waals surface area contributed by atoms with Crippen LogP contribution in [-0.2, 0) is 11.3 Å². The molecule has 1 fully saturated rings. The molecule has 0 radical (unpaired) electrons. The molecule has 170 valence electrons. The number of aromatic nitrogens is 1. The van der Waals surface area contributed by atoms with Gasteiger partial charge in [-0.25, -0.2) is 14.4 Å². The molecule has 0 amide bonds. The third-order valence-electron chi connectivity index (χ3n) is 5.06. The van der Waals surface area contributed by atoms with Crippen molar-refractivity contribution in [3.05, 3.63) is 54.0 Å². The molecule has 1 unspecified atom stereocenters. The lowest BCUT2D eigenvalue weighted by Crippen LogP contribution is -2.44. The normalized spacial score (nSPS) is 18.4. The minimum atomic E-state index is -0.309. The second kappa shape index (κ2) is 12.8. The van der Waals surface area contributed by atoms with Crippen LogP contribution in [0, 0.1) is 11.2 Å². The number of rotatable bonds is 9. The van der Waals surface area contributed by atoms with E-state index in [1.54, 1.807) is 24.4 Å². The summed E-state index contributed by atoms with van der Waals surface area (Å²) in [5.41, 5.74) is 0.888. The lowest BCUT2D eigenvalue weighted by atomic mass is 9.84. The molecular weight excluding hydrogens is 514 g/mol. The van der Waals surface area contributed by atoms with Crippen molar-refractivity contribution in [3.63, 3.8) is 0 Å². The van der Waals surface area contributed by atoms with E-state index in [0.29, 0.717) is 43.7 Å². The van der Waals surface area contributed by atoms with E-state index in [4.69, 9.17) is 9.47 Å². The van der Waals surface area contributed by atoms with Crippen molar-refractivity contribution >= 4 is 29.9 Å². The smallest absolute Gasteiger partial charge is 0.219 e. The standard InChI is InChI=1S/C22H29FN4O3.HI/c1-2-24-21(27-15-22(9-11-28)10-12-29-16-22)26-14-17-3-8-20(25-13-17)30-19-6-4-18(23)5-7-19;/h3-8,13,28H,2,9-12,14-16H2,1H3,(H2,24,26,27);1H. The Bertz CT molecular complexity index is 813. The summed E-state index contributed by atoms with van der Waals surface area (Å²) in [6.45, 7) is 5.45. The van der Waals surface area contributed by atoms with Crippen molar-refractivity contribution in [2.45, 2.75) is 26.3 Å². The van der Waals surface area contributed by atoms with Gasteiger partial charge in [0.25, 0.3) is 0 Å². The number of ether oxygens (including phenoxy) is 2. The van der Waals surface area contributed by atoms with E-state index in [1.165, 1.54) is 12.1 Å². The lowest BCUT2D eigenvalue weighted by Gasteiger charge is -2.27. The minimum absolute atomic E-state index is 0. The van der Waals surface area contributed by atoms with Crippen molar-refractivity contribution in [2.24, 2.45) is 10.4 Å². The van der Waals surface area contributed by atoms with Gasteiger partial charge in [0, 0.05) is 44.0 Å². The zero-order valence-corrected chi connectivity index (χ0v) is 20.0. The molecule has 1 aromatic heterocycles. The number of aliphatic hydroxyl groups is 1. The van der Waals surface area contributed by atoms with E-state index < -0.39 is 0 Å². The summed E-state index contributed by atoms with van der Waals surface area (Å²) in [7, 11) is 0. The van der Waals surface area contributed by atoms with E-state index in [1.807, 2.05) is 13.0 Å². The van der Waals surface area contributed by atoms with Crippen LogP contribution >= 0.6 is 24.0 Å². The maximum atomic E-state index is 13.0. The Morgan fingerprint density at radius 1 is 1.26 bits per heavy atom. The van der Waals surface area contributed by atoms with Gasteiger partial charge in [0.15, 0.2) is 5.96 Å². The molecule has 2 heterocycles. The average Bonchev–Trinajstić information content (AvgIpc) is 3.22. The zero-order valence-electron chi connectivity index (χ0n) is 17.6. The maximum Gasteiger partial charge on any atom is 0.219 e. The highest BCUT2D eigenvalue weighted by Gasteiger charge is 2.34. The first-order valence-corrected chi connectivity index (χ1v) is 10.2. The van der Waals surface area contributed by atoms with Crippen LogP contribution in [0.2, 0.25) is 0 Å². The van der Waals surface area contributed by atoms with Gasteiger partial charge in [0.2, 0.25) is 5.88 Å². The largest absolute Gasteiger partial charge is 0.439 e. The molecule has 3 N–H and O–H groups in total. The second-order valence-corrected chi connectivity index (χ2v) is 7.39. The fourth-order valence-electron chi connectivity index (χ4n) is 3.28. The number of halogens is 2. The molecule has 1 saturated heterocycles. The number of hydrogen-bond donors (Lipinski definition) is 3. The first kappa shape index (κ1) is 25.3. The summed E-state index contributed by atoms with van der Waals surface area (Å²) in [6.07, 6.45) is 3.35. The lowest BCUT2D eigenvalue weighted by molar-refractivity contribution is 0.127. The molecule has 9 heteroatoms. The average molecular weight is 544 g/mol. The third-order valence-corrected chi connectivity index (χ3v) is 5.06. The Morgan fingerprint density at radius 3 is 2.68 bits per heavy atom. The maximum absolute atomic E-state index is 13.0. The highest BCUT2D eigenvalue weighted by Crippen LogP contribution is 2.31. The monoisotopic (exact) mass is 544 g/mol. The number of aliphatic hydroxyl groups excluding tert-OH is 1. The van der Waals surface area contributed by atoms with Crippen LogP contribution in [0.25, 0.3) is 0 Å². The van der Waals surface area contributed by atoms with Gasteiger partial charge in [-0.2, -0.15) is 0 Å². The van der Waals surface area contributed by atoms with E-state index in [0.717, 1.165) is 25.1 Å². The Hall–Kier alpha value is -1.98. The Morgan fingerprint density at radius 2 is 2.06 bits per heavy atom. The van der Waals surface area contributed by atoms with E-state index in [2.05, 4.69) is 20.6 Å². The summed E-state index contributed by atoms with van der Waals surface area (Å²) in [4.78, 5) is 8.92. The van der Waals surface area contributed by atoms with Gasteiger partial charge in [-0.3, -0.25) is 0 Å². The van der Waals surface area contributed by atoms with Gasteiger partial charge in [-0.1, -0.05) is 6.07 Å². The van der Waals surface area contributed by atoms with Crippen molar-refractivity contribution in [1.29, 1.82) is 0 Å². The zero-order chi connectivity index (χ0) is 21.2. The van der Waals surface area contributed by atoms with E-state index in [-0.39, 0.29) is 41.8 Å². The van der Waals surface area contributed by atoms with Crippen molar-refractivity contribution in [1.82, 2.24) is 15.6 Å². The van der Waals surface area contributed by atoms with Crippen molar-refractivity contribution in [3.8, 4) is 11.6 Å². The van der Waals surface area contributed by atoms with E-state index >= 15 is 0 Å². The summed E-state index contributed by atoms with van der Waals surface area (Å²) in [5.74, 6) is 1.37. The van der Waals surface area contributed by atoms with E-state index in [9.17, 15) is 9.50 Å². The number of nitrogens with one attached hydrogen (secondary N) is 2. The second-order valence-electron chi connectivity index (χ2n) is 7.39. The Balaban J connectivity index is 0.00000341. The van der Waals surface area contributed by atoms with Gasteiger partial charge in [-0.05, 0) is 49.6 Å². The molecular formula is C22H30FIN4O3. The predicted molar refractivity (Wildman–Crippen MR) is 129 cm³/mol. The first-order valence-electron chi connectivity index (χ1n) is 10.2. The molecule has 1 aliphatic heterocycles. The van der Waals surface area contributed by atoms with Crippen LogP contribution in [0.1, 0.15) is 25.3 Å². The summed E-state index contributed by atoms with van der Waals surface area (Å²) < 4.78 is 24.1. The molecule has 0 bridgehead atoms. The number of hydrogen-bond acceptors (Lipinski definition) is 5. The minimum Gasteiger partial charge on any atom is -0.439 e. The molecule has 0 saturated carbocycles. The highest BCUT2D eigenvalue weighted by molar-refractivity contribution is 14.0. The number of benzene rings is 1. The number of nitrogens with zero attached hydrogens (tertiary/aromatic N) is 2. The number of pyridine rings is 1. The Kier molecular flexibility index (Phi) is 10.4. The number of guanidine groups is 1. The SMILES string of the molecule is CCNC(=NCc1ccc(Oc2ccc(F)cc2)nc1)NCC1(CCO)CCOC1.I. The molecule has 1 atom stereocenters. The fraction of sp³-hybridized carbons (Fsp3) is 0.455. The molecule has 0 spiro atoms. The van der Waals surface area contributed by atoms with Crippen LogP contribution in [0.4, 0.5) is 4.39 Å². The van der Waals surface area contributed by atoms with Crippen LogP contribution in [0.5, 0.6) is 11.6 Å². The molecule has 1 aromatic carbocycles. The van der Waals surface area contributed by atoms with Crippen LogP contribution < -0.4 is 15.4 Å². The van der Waals surface area contributed by atoms with Gasteiger partial charge >= 0.3 is 0 Å². The van der Waals surface area contributed by atoms with Crippen molar-refractivity contribution < 1.29 is 19.0 Å². The van der Waals surface area contributed by atoms with Gasteiger partial charge in [0.1, 0.15) is 11.6 Å². The molecule has 0 aliphatic carbocycles. The van der Waals surface area contributed by atoms with Gasteiger partial charge in [0.05, 0.1) is 13.2 Å². The van der Waals surface area contributed by atoms with Crippen LogP contribution in [0.3, 0.4) is 0 Å². The molecule has 2 aromatic rings. The molecule has 1 aliphatic rings. The fourth-order valence-corrected chi connectivity index (χ4v) is 3.28. The quantitative estimate of drug-likeness (QED) is 0.255. The third kappa shape index (κ3) is 7.89.